The molecule has 0 saturated heterocycles. The van der Waals surface area contributed by atoms with Gasteiger partial charge in [-0.1, -0.05) is 6.07 Å². The van der Waals surface area contributed by atoms with Crippen LogP contribution in [0.4, 0.5) is 24.7 Å². The fourth-order valence-electron chi connectivity index (χ4n) is 1.77. The lowest BCUT2D eigenvalue weighted by molar-refractivity contribution is -0.192. The number of hydrogen-bond donors (Lipinski definition) is 3. The Morgan fingerprint density at radius 1 is 1.26 bits per heavy atom. The first-order chi connectivity index (χ1) is 12.5. The zero-order chi connectivity index (χ0) is 20.6. The molecule has 4 N–H and O–H groups in total. The summed E-state index contributed by atoms with van der Waals surface area (Å²) in [6.07, 6.45) is -1.75. The standard InChI is InChI=1S/C14H16N4O2.C2HF3O2/c1-9(19)18-14-5-12(15)11(7-17-14)13-4-3-10(6-16-13)8-20-2;3-2(4,5)1(6)7/h3-7H,8H2,1-2H3,(H3,15,17,18,19);(H,6,7). The summed E-state index contributed by atoms with van der Waals surface area (Å²) in [5.74, 6) is -2.52. The average Bonchev–Trinajstić information content (AvgIpc) is 2.55. The molecule has 2 heterocycles. The van der Waals surface area contributed by atoms with Crippen molar-refractivity contribution in [2.75, 3.05) is 18.2 Å². The van der Waals surface area contributed by atoms with Gasteiger partial charge in [0.25, 0.3) is 0 Å². The summed E-state index contributed by atoms with van der Waals surface area (Å²) in [7, 11) is 1.64. The van der Waals surface area contributed by atoms with Gasteiger partial charge in [-0.15, -0.1) is 0 Å². The number of amides is 1. The highest BCUT2D eigenvalue weighted by Crippen LogP contribution is 2.25. The van der Waals surface area contributed by atoms with Crippen molar-refractivity contribution in [3.63, 3.8) is 0 Å². The van der Waals surface area contributed by atoms with E-state index in [1.54, 1.807) is 25.6 Å². The van der Waals surface area contributed by atoms with Crippen molar-refractivity contribution >= 4 is 23.4 Å². The first-order valence-corrected chi connectivity index (χ1v) is 7.32. The van der Waals surface area contributed by atoms with Crippen LogP contribution < -0.4 is 11.1 Å². The molecule has 0 aromatic carbocycles. The molecular weight excluding hydrogens is 369 g/mol. The number of ether oxygens (including phenoxy) is 1. The molecular formula is C16H17F3N4O4. The van der Waals surface area contributed by atoms with E-state index in [2.05, 4.69) is 15.3 Å². The summed E-state index contributed by atoms with van der Waals surface area (Å²) in [6.45, 7) is 1.93. The minimum atomic E-state index is -5.08. The highest BCUT2D eigenvalue weighted by atomic mass is 19.4. The molecule has 27 heavy (non-hydrogen) atoms. The third-order valence-electron chi connectivity index (χ3n) is 2.89. The summed E-state index contributed by atoms with van der Waals surface area (Å²) in [5, 5.41) is 9.71. The molecule has 146 valence electrons. The molecule has 0 saturated carbocycles. The number of rotatable bonds is 4. The molecule has 11 heteroatoms. The largest absolute Gasteiger partial charge is 0.490 e. The van der Waals surface area contributed by atoms with Gasteiger partial charge in [0.1, 0.15) is 5.82 Å². The fraction of sp³-hybridized carbons (Fsp3) is 0.250. The van der Waals surface area contributed by atoms with Gasteiger partial charge in [-0.3, -0.25) is 9.78 Å². The molecule has 2 aromatic rings. The smallest absolute Gasteiger partial charge is 0.475 e. The van der Waals surface area contributed by atoms with Gasteiger partial charge in [-0.25, -0.2) is 9.78 Å². The van der Waals surface area contributed by atoms with Crippen molar-refractivity contribution in [2.24, 2.45) is 0 Å². The fourth-order valence-corrected chi connectivity index (χ4v) is 1.77. The molecule has 1 amide bonds. The van der Waals surface area contributed by atoms with Crippen LogP contribution in [0.3, 0.4) is 0 Å². The van der Waals surface area contributed by atoms with Crippen molar-refractivity contribution in [3.05, 3.63) is 36.2 Å². The minimum absolute atomic E-state index is 0.188. The summed E-state index contributed by atoms with van der Waals surface area (Å²) < 4.78 is 36.8. The summed E-state index contributed by atoms with van der Waals surface area (Å²) in [6, 6.07) is 5.40. The van der Waals surface area contributed by atoms with E-state index in [1.807, 2.05) is 12.1 Å². The lowest BCUT2D eigenvalue weighted by Crippen LogP contribution is -2.21. The minimum Gasteiger partial charge on any atom is -0.475 e. The maximum atomic E-state index is 11.0. The van der Waals surface area contributed by atoms with Crippen LogP contribution in [-0.4, -0.2) is 40.2 Å². The topological polar surface area (TPSA) is 127 Å². The van der Waals surface area contributed by atoms with E-state index >= 15 is 0 Å². The van der Waals surface area contributed by atoms with Crippen LogP contribution >= 0.6 is 0 Å². The van der Waals surface area contributed by atoms with Crippen molar-refractivity contribution < 1.29 is 32.6 Å². The van der Waals surface area contributed by atoms with Gasteiger partial charge >= 0.3 is 12.1 Å². The second-order valence-electron chi connectivity index (χ2n) is 5.13. The number of nitrogens with one attached hydrogen (secondary N) is 1. The Labute approximate surface area is 152 Å². The number of nitrogens with zero attached hydrogens (tertiary/aromatic N) is 2. The number of nitrogens with two attached hydrogens (primary N) is 1. The van der Waals surface area contributed by atoms with E-state index in [1.165, 1.54) is 6.92 Å². The molecule has 0 aliphatic heterocycles. The zero-order valence-electron chi connectivity index (χ0n) is 14.4. The number of aliphatic carboxylic acids is 1. The lowest BCUT2D eigenvalue weighted by Gasteiger charge is -2.08. The molecule has 8 nitrogen and oxygen atoms in total. The average molecular weight is 386 g/mol. The van der Waals surface area contributed by atoms with Gasteiger partial charge < -0.3 is 20.9 Å². The number of alkyl halides is 3. The van der Waals surface area contributed by atoms with Crippen molar-refractivity contribution in [3.8, 4) is 11.3 Å². The molecule has 0 aliphatic rings. The van der Waals surface area contributed by atoms with Gasteiger partial charge in [-0.2, -0.15) is 13.2 Å². The number of carboxylic acid groups (broad SMARTS) is 1. The molecule has 0 radical (unpaired) electrons. The Hall–Kier alpha value is -3.21. The van der Waals surface area contributed by atoms with Crippen LogP contribution in [0.5, 0.6) is 0 Å². The Morgan fingerprint density at radius 2 is 1.89 bits per heavy atom. The number of aromatic nitrogens is 2. The van der Waals surface area contributed by atoms with Crippen LogP contribution in [0.25, 0.3) is 11.3 Å². The molecule has 0 fully saturated rings. The molecule has 0 aliphatic carbocycles. The summed E-state index contributed by atoms with van der Waals surface area (Å²) >= 11 is 0. The first-order valence-electron chi connectivity index (χ1n) is 7.32. The monoisotopic (exact) mass is 386 g/mol. The van der Waals surface area contributed by atoms with Crippen LogP contribution in [0.15, 0.2) is 30.6 Å². The van der Waals surface area contributed by atoms with Crippen molar-refractivity contribution in [1.82, 2.24) is 9.97 Å². The molecule has 2 rings (SSSR count). The summed E-state index contributed by atoms with van der Waals surface area (Å²) in [4.78, 5) is 28.3. The number of carboxylic acids is 1. The number of halogens is 3. The van der Waals surface area contributed by atoms with Crippen LogP contribution in [0.1, 0.15) is 12.5 Å². The summed E-state index contributed by atoms with van der Waals surface area (Å²) in [5.41, 5.74) is 8.91. The number of hydrogen-bond acceptors (Lipinski definition) is 6. The normalized spacial score (nSPS) is 10.6. The van der Waals surface area contributed by atoms with Crippen LogP contribution in [0.2, 0.25) is 0 Å². The van der Waals surface area contributed by atoms with Gasteiger partial charge in [0.05, 0.1) is 12.3 Å². The number of pyridine rings is 2. The van der Waals surface area contributed by atoms with E-state index in [-0.39, 0.29) is 5.91 Å². The van der Waals surface area contributed by atoms with Gasteiger partial charge in [-0.05, 0) is 11.6 Å². The number of methoxy groups -OCH3 is 1. The maximum Gasteiger partial charge on any atom is 0.490 e. The third-order valence-corrected chi connectivity index (χ3v) is 2.89. The second-order valence-corrected chi connectivity index (χ2v) is 5.13. The molecule has 0 unspecified atom stereocenters. The molecule has 2 aromatic heterocycles. The highest BCUT2D eigenvalue weighted by molar-refractivity contribution is 5.89. The Bertz CT molecular complexity index is 795. The Balaban J connectivity index is 0.000000445. The van der Waals surface area contributed by atoms with Crippen LogP contribution in [0, 0.1) is 0 Å². The van der Waals surface area contributed by atoms with E-state index in [0.29, 0.717) is 18.1 Å². The number of carbonyl (C=O) groups excluding carboxylic acids is 1. The van der Waals surface area contributed by atoms with Gasteiger partial charge in [0.2, 0.25) is 5.91 Å². The predicted octanol–water partition coefficient (Wildman–Crippen LogP) is 2.46. The molecule has 0 spiro atoms. The van der Waals surface area contributed by atoms with Crippen LogP contribution in [-0.2, 0) is 20.9 Å². The van der Waals surface area contributed by atoms with E-state index in [4.69, 9.17) is 20.4 Å². The van der Waals surface area contributed by atoms with Gasteiger partial charge in [0, 0.05) is 43.7 Å². The third kappa shape index (κ3) is 7.28. The Morgan fingerprint density at radius 3 is 2.30 bits per heavy atom. The van der Waals surface area contributed by atoms with Crippen molar-refractivity contribution in [1.29, 1.82) is 0 Å². The quantitative estimate of drug-likeness (QED) is 0.736. The van der Waals surface area contributed by atoms with E-state index < -0.39 is 12.1 Å². The molecule has 0 atom stereocenters. The predicted molar refractivity (Wildman–Crippen MR) is 90.6 cm³/mol. The molecule has 0 bridgehead atoms. The number of anilines is 2. The van der Waals surface area contributed by atoms with Crippen molar-refractivity contribution in [2.45, 2.75) is 19.7 Å². The SMILES string of the molecule is COCc1ccc(-c2cnc(NC(C)=O)cc2N)nc1.O=C(O)C(F)(F)F. The van der Waals surface area contributed by atoms with E-state index in [9.17, 15) is 18.0 Å². The number of carbonyl (C=O) groups is 2. The highest BCUT2D eigenvalue weighted by Gasteiger charge is 2.38. The van der Waals surface area contributed by atoms with E-state index in [0.717, 1.165) is 16.8 Å². The number of nitrogen functional groups attached to an aromatic ring is 1. The van der Waals surface area contributed by atoms with Gasteiger partial charge in [0.15, 0.2) is 0 Å². The first kappa shape index (κ1) is 21.8. The second kappa shape index (κ2) is 9.48. The zero-order valence-corrected chi connectivity index (χ0v) is 14.4. The lowest BCUT2D eigenvalue weighted by atomic mass is 10.1. The maximum absolute atomic E-state index is 11.0. The Kier molecular flexibility index (Phi) is 7.66.